The molecule has 0 atom stereocenters. The number of fused-ring (bicyclic) bond motifs is 1. The molecular weight excluding hydrogens is 430 g/mol. The van der Waals surface area contributed by atoms with Gasteiger partial charge in [-0.25, -0.2) is 4.98 Å². The normalized spacial score (nSPS) is 10.6. The summed E-state index contributed by atoms with van der Waals surface area (Å²) < 4.78 is 6.14. The first-order valence-electron chi connectivity index (χ1n) is 9.44. The Labute approximate surface area is 187 Å². The Balaban J connectivity index is 1.33. The molecule has 4 rings (SSSR count). The molecule has 1 heterocycles. The molecule has 6 nitrogen and oxygen atoms in total. The molecule has 0 fully saturated rings. The molecule has 2 N–H and O–H groups in total. The second-order valence-corrected chi connectivity index (χ2v) is 8.61. The number of ether oxygens (including phenoxy) is 1. The van der Waals surface area contributed by atoms with Crippen LogP contribution >= 0.6 is 23.1 Å². The minimum absolute atomic E-state index is 0.128. The highest BCUT2D eigenvalue weighted by Crippen LogP contribution is 2.26. The molecule has 0 bridgehead atoms. The Bertz CT molecular complexity index is 1190. The monoisotopic (exact) mass is 449 g/mol. The number of carbonyl (C=O) groups is 2. The van der Waals surface area contributed by atoms with Gasteiger partial charge in [-0.15, -0.1) is 11.8 Å². The summed E-state index contributed by atoms with van der Waals surface area (Å²) in [5, 5.41) is 6.31. The van der Waals surface area contributed by atoms with Crippen LogP contribution in [0, 0.1) is 0 Å². The maximum Gasteiger partial charge on any atom is 0.255 e. The number of thiazole rings is 1. The molecule has 0 saturated heterocycles. The second kappa shape index (κ2) is 9.63. The van der Waals surface area contributed by atoms with E-state index < -0.39 is 0 Å². The topological polar surface area (TPSA) is 80.3 Å². The average Bonchev–Trinajstić information content (AvgIpc) is 3.20. The van der Waals surface area contributed by atoms with Crippen molar-refractivity contribution in [2.24, 2.45) is 0 Å². The average molecular weight is 450 g/mol. The molecule has 3 aromatic carbocycles. The minimum atomic E-state index is -0.210. The summed E-state index contributed by atoms with van der Waals surface area (Å²) in [7, 11) is 1.58. The number of para-hydroxylation sites is 1. The Hall–Kier alpha value is -3.36. The summed E-state index contributed by atoms with van der Waals surface area (Å²) in [5.74, 6) is 0.598. The van der Waals surface area contributed by atoms with Crippen LogP contribution < -0.4 is 15.4 Å². The third-order valence-corrected chi connectivity index (χ3v) is 6.30. The van der Waals surface area contributed by atoms with E-state index in [1.54, 1.807) is 31.4 Å². The van der Waals surface area contributed by atoms with E-state index in [-0.39, 0.29) is 17.6 Å². The number of thioether (sulfide) groups is 1. The van der Waals surface area contributed by atoms with E-state index in [0.717, 1.165) is 15.1 Å². The van der Waals surface area contributed by atoms with Crippen LogP contribution in [0.25, 0.3) is 10.2 Å². The van der Waals surface area contributed by atoms with E-state index in [9.17, 15) is 9.59 Å². The van der Waals surface area contributed by atoms with E-state index in [4.69, 9.17) is 4.74 Å². The van der Waals surface area contributed by atoms with E-state index in [0.29, 0.717) is 22.1 Å². The number of carbonyl (C=O) groups excluding carboxylic acids is 2. The predicted octanol–water partition coefficient (Wildman–Crippen LogP) is 5.29. The van der Waals surface area contributed by atoms with E-state index in [1.165, 1.54) is 23.1 Å². The summed E-state index contributed by atoms with van der Waals surface area (Å²) in [6.07, 6.45) is 0. The number of amides is 2. The number of hydrogen-bond acceptors (Lipinski definition) is 6. The molecule has 2 amide bonds. The fourth-order valence-electron chi connectivity index (χ4n) is 2.84. The number of aromatic nitrogens is 1. The lowest BCUT2D eigenvalue weighted by molar-refractivity contribution is -0.113. The summed E-state index contributed by atoms with van der Waals surface area (Å²) in [5.41, 5.74) is 2.07. The van der Waals surface area contributed by atoms with Crippen molar-refractivity contribution in [3.63, 3.8) is 0 Å². The molecule has 31 heavy (non-hydrogen) atoms. The number of nitrogens with one attached hydrogen (secondary N) is 2. The maximum absolute atomic E-state index is 12.4. The highest BCUT2D eigenvalue weighted by Gasteiger charge is 2.10. The predicted molar refractivity (Wildman–Crippen MR) is 126 cm³/mol. The van der Waals surface area contributed by atoms with Crippen molar-refractivity contribution in [3.8, 4) is 5.75 Å². The van der Waals surface area contributed by atoms with Gasteiger partial charge in [0, 0.05) is 16.1 Å². The standard InChI is InChI=1S/C23H19N3O3S2/c1-29-17-11-9-15(10-12-17)22(28)24-16-5-4-6-18(13-16)30-14-21(27)26-23-25-19-7-2-3-8-20(19)31-23/h2-13H,14H2,1H3,(H,24,28)(H,25,26,27). The fourth-order valence-corrected chi connectivity index (χ4v) is 4.48. The fraction of sp³-hybridized carbons (Fsp3) is 0.0870. The van der Waals surface area contributed by atoms with Gasteiger partial charge in [-0.05, 0) is 54.6 Å². The molecule has 4 aromatic rings. The van der Waals surface area contributed by atoms with Crippen LogP contribution in [0.1, 0.15) is 10.4 Å². The third-order valence-electron chi connectivity index (χ3n) is 4.35. The second-order valence-electron chi connectivity index (χ2n) is 6.53. The number of nitrogens with zero attached hydrogens (tertiary/aromatic N) is 1. The van der Waals surface area contributed by atoms with Crippen LogP contribution in [0.5, 0.6) is 5.75 Å². The zero-order valence-electron chi connectivity index (χ0n) is 16.6. The molecular formula is C23H19N3O3S2. The van der Waals surface area contributed by atoms with Gasteiger partial charge < -0.3 is 15.4 Å². The maximum atomic E-state index is 12.4. The highest BCUT2D eigenvalue weighted by molar-refractivity contribution is 8.00. The van der Waals surface area contributed by atoms with Crippen LogP contribution in [0.4, 0.5) is 10.8 Å². The van der Waals surface area contributed by atoms with Crippen LogP contribution in [0.15, 0.2) is 77.7 Å². The lowest BCUT2D eigenvalue weighted by atomic mass is 10.2. The van der Waals surface area contributed by atoms with Crippen molar-refractivity contribution >= 4 is 55.9 Å². The van der Waals surface area contributed by atoms with E-state index in [1.807, 2.05) is 48.5 Å². The lowest BCUT2D eigenvalue weighted by Gasteiger charge is -2.08. The zero-order chi connectivity index (χ0) is 21.6. The van der Waals surface area contributed by atoms with Gasteiger partial charge in [0.25, 0.3) is 5.91 Å². The first kappa shape index (κ1) is 20.9. The number of hydrogen-bond donors (Lipinski definition) is 2. The molecule has 0 aliphatic heterocycles. The van der Waals surface area contributed by atoms with Crippen molar-refractivity contribution in [3.05, 3.63) is 78.4 Å². The zero-order valence-corrected chi connectivity index (χ0v) is 18.3. The summed E-state index contributed by atoms with van der Waals surface area (Å²) in [4.78, 5) is 30.1. The molecule has 0 saturated carbocycles. The molecule has 0 unspecified atom stereocenters. The van der Waals surface area contributed by atoms with Gasteiger partial charge in [0.2, 0.25) is 5.91 Å². The van der Waals surface area contributed by atoms with Crippen LogP contribution in [0.2, 0.25) is 0 Å². The van der Waals surface area contributed by atoms with Crippen molar-refractivity contribution in [2.45, 2.75) is 4.90 Å². The smallest absolute Gasteiger partial charge is 0.255 e. The van der Waals surface area contributed by atoms with Gasteiger partial charge in [0.05, 0.1) is 23.1 Å². The van der Waals surface area contributed by atoms with E-state index in [2.05, 4.69) is 15.6 Å². The molecule has 8 heteroatoms. The van der Waals surface area contributed by atoms with Crippen LogP contribution in [0.3, 0.4) is 0 Å². The molecule has 0 spiro atoms. The molecule has 0 aliphatic carbocycles. The highest BCUT2D eigenvalue weighted by atomic mass is 32.2. The Morgan fingerprint density at radius 2 is 1.81 bits per heavy atom. The number of benzene rings is 3. The summed E-state index contributed by atoms with van der Waals surface area (Å²) in [6.45, 7) is 0. The lowest BCUT2D eigenvalue weighted by Crippen LogP contribution is -2.14. The van der Waals surface area contributed by atoms with Gasteiger partial charge >= 0.3 is 0 Å². The van der Waals surface area contributed by atoms with Gasteiger partial charge in [0.15, 0.2) is 5.13 Å². The van der Waals surface area contributed by atoms with Gasteiger partial charge in [-0.1, -0.05) is 29.5 Å². The Morgan fingerprint density at radius 3 is 2.58 bits per heavy atom. The molecule has 1 aromatic heterocycles. The Kier molecular flexibility index (Phi) is 6.49. The number of methoxy groups -OCH3 is 1. The van der Waals surface area contributed by atoms with Crippen molar-refractivity contribution in [2.75, 3.05) is 23.5 Å². The quantitative estimate of drug-likeness (QED) is 0.375. The van der Waals surface area contributed by atoms with Crippen molar-refractivity contribution < 1.29 is 14.3 Å². The number of rotatable bonds is 7. The van der Waals surface area contributed by atoms with Crippen molar-refractivity contribution in [1.29, 1.82) is 0 Å². The summed E-state index contributed by atoms with van der Waals surface area (Å²) >= 11 is 2.84. The van der Waals surface area contributed by atoms with Crippen LogP contribution in [-0.2, 0) is 4.79 Å². The van der Waals surface area contributed by atoms with Crippen LogP contribution in [-0.4, -0.2) is 29.7 Å². The summed E-state index contributed by atoms with van der Waals surface area (Å²) in [6, 6.07) is 22.1. The molecule has 0 aliphatic rings. The van der Waals surface area contributed by atoms with Gasteiger partial charge in [-0.2, -0.15) is 0 Å². The number of anilines is 2. The van der Waals surface area contributed by atoms with Gasteiger partial charge in [0.1, 0.15) is 5.75 Å². The molecule has 0 radical (unpaired) electrons. The van der Waals surface area contributed by atoms with Gasteiger partial charge in [-0.3, -0.25) is 9.59 Å². The Morgan fingerprint density at radius 1 is 1.00 bits per heavy atom. The molecule has 156 valence electrons. The SMILES string of the molecule is COc1ccc(C(=O)Nc2cccc(SCC(=O)Nc3nc4ccccc4s3)c2)cc1. The first-order chi connectivity index (χ1) is 15.1. The minimum Gasteiger partial charge on any atom is -0.497 e. The first-order valence-corrected chi connectivity index (χ1v) is 11.2. The van der Waals surface area contributed by atoms with E-state index >= 15 is 0 Å². The van der Waals surface area contributed by atoms with Crippen molar-refractivity contribution in [1.82, 2.24) is 4.98 Å². The largest absolute Gasteiger partial charge is 0.497 e. The third kappa shape index (κ3) is 5.42.